The zero-order chi connectivity index (χ0) is 9.14. The van der Waals surface area contributed by atoms with E-state index in [2.05, 4.69) is 33.5 Å². The largest absolute Gasteiger partial charge is 0.297 e. The van der Waals surface area contributed by atoms with Gasteiger partial charge in [0.25, 0.3) is 5.56 Å². The van der Waals surface area contributed by atoms with E-state index in [0.717, 1.165) is 5.69 Å². The van der Waals surface area contributed by atoms with Gasteiger partial charge in [0, 0.05) is 12.3 Å². The van der Waals surface area contributed by atoms with Crippen LogP contribution in [0.1, 0.15) is 5.69 Å². The fourth-order valence-corrected chi connectivity index (χ4v) is 1.36. The predicted molar refractivity (Wildman–Crippen MR) is 54.8 cm³/mol. The average Bonchev–Trinajstić information content (AvgIpc) is 2.07. The third-order valence-corrected chi connectivity index (χ3v) is 2.61. The summed E-state index contributed by atoms with van der Waals surface area (Å²) in [5, 5.41) is 0. The standard InChI is InChI=1S/C7H9BrN2OS/c1-5-6(8)7(11)10(2-3-12)4-9-5/h4,12H,2-3H2,1H3. The molecule has 3 nitrogen and oxygen atoms in total. The van der Waals surface area contributed by atoms with Crippen LogP contribution < -0.4 is 5.56 Å². The molecule has 1 rings (SSSR count). The Morgan fingerprint density at radius 1 is 1.75 bits per heavy atom. The molecule has 0 radical (unpaired) electrons. The molecule has 66 valence electrons. The Hall–Kier alpha value is -0.290. The number of halogens is 1. The lowest BCUT2D eigenvalue weighted by Crippen LogP contribution is -2.22. The third-order valence-electron chi connectivity index (χ3n) is 1.50. The number of nitrogens with zero attached hydrogens (tertiary/aromatic N) is 2. The van der Waals surface area contributed by atoms with E-state index in [1.54, 1.807) is 13.3 Å². The molecule has 0 unspecified atom stereocenters. The summed E-state index contributed by atoms with van der Waals surface area (Å²) in [7, 11) is 0. The van der Waals surface area contributed by atoms with Crippen molar-refractivity contribution < 1.29 is 0 Å². The first-order valence-corrected chi connectivity index (χ1v) is 4.91. The molecule has 1 heterocycles. The molecule has 0 amide bonds. The highest BCUT2D eigenvalue weighted by molar-refractivity contribution is 9.10. The molecule has 1 aromatic rings. The molecule has 1 aromatic heterocycles. The third kappa shape index (κ3) is 1.90. The molecule has 0 saturated heterocycles. The SMILES string of the molecule is Cc1ncn(CCS)c(=O)c1Br. The lowest BCUT2D eigenvalue weighted by molar-refractivity contribution is 0.705. The van der Waals surface area contributed by atoms with Crippen LogP contribution in [0.15, 0.2) is 15.6 Å². The first-order chi connectivity index (χ1) is 5.66. The van der Waals surface area contributed by atoms with Crippen LogP contribution in [0.2, 0.25) is 0 Å². The summed E-state index contributed by atoms with van der Waals surface area (Å²) in [4.78, 5) is 15.5. The van der Waals surface area contributed by atoms with E-state index in [0.29, 0.717) is 16.8 Å². The fourth-order valence-electron chi connectivity index (χ4n) is 0.813. The van der Waals surface area contributed by atoms with Crippen LogP contribution >= 0.6 is 28.6 Å². The van der Waals surface area contributed by atoms with E-state index in [1.807, 2.05) is 0 Å². The zero-order valence-corrected chi connectivity index (χ0v) is 9.10. The Balaban J connectivity index is 3.18. The summed E-state index contributed by atoms with van der Waals surface area (Å²) in [6.45, 7) is 2.38. The van der Waals surface area contributed by atoms with E-state index < -0.39 is 0 Å². The van der Waals surface area contributed by atoms with Crippen molar-refractivity contribution in [2.75, 3.05) is 5.75 Å². The Kier molecular flexibility index (Phi) is 3.34. The van der Waals surface area contributed by atoms with Gasteiger partial charge in [-0.05, 0) is 22.9 Å². The number of thiol groups is 1. The molecule has 0 fully saturated rings. The van der Waals surface area contributed by atoms with Crippen molar-refractivity contribution in [1.29, 1.82) is 0 Å². The van der Waals surface area contributed by atoms with Crippen LogP contribution in [0.5, 0.6) is 0 Å². The molecular weight excluding hydrogens is 240 g/mol. The zero-order valence-electron chi connectivity index (χ0n) is 6.62. The maximum absolute atomic E-state index is 11.4. The maximum Gasteiger partial charge on any atom is 0.267 e. The molecule has 0 atom stereocenters. The molecule has 0 saturated carbocycles. The van der Waals surface area contributed by atoms with Gasteiger partial charge in [-0.15, -0.1) is 0 Å². The summed E-state index contributed by atoms with van der Waals surface area (Å²) in [5.74, 6) is 0.636. The van der Waals surface area contributed by atoms with Crippen molar-refractivity contribution in [2.45, 2.75) is 13.5 Å². The van der Waals surface area contributed by atoms with Crippen molar-refractivity contribution in [3.63, 3.8) is 0 Å². The fraction of sp³-hybridized carbons (Fsp3) is 0.429. The molecule has 0 aliphatic heterocycles. The van der Waals surface area contributed by atoms with E-state index in [9.17, 15) is 4.79 Å². The number of aryl methyl sites for hydroxylation is 2. The first-order valence-electron chi connectivity index (χ1n) is 3.49. The van der Waals surface area contributed by atoms with Crippen LogP contribution in [0.3, 0.4) is 0 Å². The second-order valence-electron chi connectivity index (χ2n) is 2.37. The van der Waals surface area contributed by atoms with Gasteiger partial charge in [-0.25, -0.2) is 4.98 Å². The minimum absolute atomic E-state index is 0.0449. The highest BCUT2D eigenvalue weighted by Crippen LogP contribution is 2.05. The average molecular weight is 249 g/mol. The maximum atomic E-state index is 11.4. The molecule has 0 bridgehead atoms. The van der Waals surface area contributed by atoms with Gasteiger partial charge in [0.15, 0.2) is 0 Å². The van der Waals surface area contributed by atoms with E-state index in [1.165, 1.54) is 4.57 Å². The van der Waals surface area contributed by atoms with E-state index in [4.69, 9.17) is 0 Å². The number of aromatic nitrogens is 2. The second kappa shape index (κ2) is 4.09. The molecule has 0 N–H and O–H groups in total. The smallest absolute Gasteiger partial charge is 0.267 e. The van der Waals surface area contributed by atoms with Crippen molar-refractivity contribution >= 4 is 28.6 Å². The second-order valence-corrected chi connectivity index (χ2v) is 3.61. The van der Waals surface area contributed by atoms with Gasteiger partial charge >= 0.3 is 0 Å². The van der Waals surface area contributed by atoms with Crippen LogP contribution in [0.4, 0.5) is 0 Å². The predicted octanol–water partition coefficient (Wildman–Crippen LogP) is 1.24. The lowest BCUT2D eigenvalue weighted by atomic mass is 10.4. The molecule has 0 aromatic carbocycles. The van der Waals surface area contributed by atoms with Crippen LogP contribution in [0.25, 0.3) is 0 Å². The van der Waals surface area contributed by atoms with Gasteiger partial charge in [-0.1, -0.05) is 0 Å². The van der Waals surface area contributed by atoms with Gasteiger partial charge in [0.1, 0.15) is 4.47 Å². The van der Waals surface area contributed by atoms with Crippen molar-refractivity contribution in [2.24, 2.45) is 0 Å². The van der Waals surface area contributed by atoms with Crippen LogP contribution in [-0.2, 0) is 6.54 Å². The Labute approximate surface area is 84.4 Å². The summed E-state index contributed by atoms with van der Waals surface area (Å²) in [6.07, 6.45) is 1.54. The monoisotopic (exact) mass is 248 g/mol. The summed E-state index contributed by atoms with van der Waals surface area (Å²) < 4.78 is 2.07. The molecular formula is C7H9BrN2OS. The summed E-state index contributed by atoms with van der Waals surface area (Å²) in [6, 6.07) is 0. The highest BCUT2D eigenvalue weighted by atomic mass is 79.9. The normalized spacial score (nSPS) is 10.2. The van der Waals surface area contributed by atoms with E-state index in [-0.39, 0.29) is 5.56 Å². The molecule has 0 aliphatic carbocycles. The van der Waals surface area contributed by atoms with Gasteiger partial charge < -0.3 is 0 Å². The summed E-state index contributed by atoms with van der Waals surface area (Å²) in [5.41, 5.74) is 0.673. The number of hydrogen-bond donors (Lipinski definition) is 1. The number of hydrogen-bond acceptors (Lipinski definition) is 3. The lowest BCUT2D eigenvalue weighted by Gasteiger charge is -2.03. The van der Waals surface area contributed by atoms with Gasteiger partial charge in [-0.2, -0.15) is 12.6 Å². The van der Waals surface area contributed by atoms with Gasteiger partial charge in [0.05, 0.1) is 12.0 Å². The van der Waals surface area contributed by atoms with Gasteiger partial charge in [0.2, 0.25) is 0 Å². The molecule has 0 spiro atoms. The molecule has 5 heteroatoms. The minimum Gasteiger partial charge on any atom is -0.297 e. The quantitative estimate of drug-likeness (QED) is 0.800. The molecule has 12 heavy (non-hydrogen) atoms. The summed E-state index contributed by atoms with van der Waals surface area (Å²) >= 11 is 7.22. The minimum atomic E-state index is -0.0449. The van der Waals surface area contributed by atoms with Crippen molar-refractivity contribution in [1.82, 2.24) is 9.55 Å². The Morgan fingerprint density at radius 2 is 2.42 bits per heavy atom. The van der Waals surface area contributed by atoms with Crippen LogP contribution in [-0.4, -0.2) is 15.3 Å². The Morgan fingerprint density at radius 3 is 3.00 bits per heavy atom. The van der Waals surface area contributed by atoms with Crippen molar-refractivity contribution in [3.8, 4) is 0 Å². The van der Waals surface area contributed by atoms with Crippen LogP contribution in [0, 0.1) is 6.92 Å². The van der Waals surface area contributed by atoms with Crippen molar-refractivity contribution in [3.05, 3.63) is 26.8 Å². The number of rotatable bonds is 2. The van der Waals surface area contributed by atoms with E-state index >= 15 is 0 Å². The first kappa shape index (κ1) is 9.80. The van der Waals surface area contributed by atoms with Gasteiger partial charge in [-0.3, -0.25) is 9.36 Å². The topological polar surface area (TPSA) is 34.9 Å². The Bertz CT molecular complexity index is 337. The highest BCUT2D eigenvalue weighted by Gasteiger charge is 2.03. The molecule has 0 aliphatic rings.